The summed E-state index contributed by atoms with van der Waals surface area (Å²) >= 11 is 3.48. The first kappa shape index (κ1) is 23.5. The fourth-order valence-electron chi connectivity index (χ4n) is 3.20. The molecule has 1 unspecified atom stereocenters. The van der Waals surface area contributed by atoms with Gasteiger partial charge in [-0.1, -0.05) is 34.1 Å². The Labute approximate surface area is 197 Å². The van der Waals surface area contributed by atoms with E-state index in [9.17, 15) is 4.79 Å². The predicted molar refractivity (Wildman–Crippen MR) is 133 cm³/mol. The maximum atomic E-state index is 12.0. The topological polar surface area (TPSA) is 68.8 Å². The normalized spacial score (nSPS) is 16.1. The zero-order chi connectivity index (χ0) is 19.8. The van der Waals surface area contributed by atoms with Crippen molar-refractivity contribution in [2.24, 2.45) is 4.99 Å². The summed E-state index contributed by atoms with van der Waals surface area (Å²) in [6.45, 7) is 3.10. The maximum Gasteiger partial charge on any atom is 0.251 e. The van der Waals surface area contributed by atoms with E-state index in [1.165, 1.54) is 5.69 Å². The van der Waals surface area contributed by atoms with Crippen molar-refractivity contribution in [1.82, 2.24) is 16.0 Å². The molecule has 6 nitrogen and oxygen atoms in total. The summed E-state index contributed by atoms with van der Waals surface area (Å²) in [5.41, 5.74) is 1.91. The lowest BCUT2D eigenvalue weighted by atomic mass is 10.2. The van der Waals surface area contributed by atoms with Crippen LogP contribution in [0.1, 0.15) is 16.8 Å². The molecule has 2 aromatic rings. The zero-order valence-corrected chi connectivity index (χ0v) is 20.3. The molecule has 1 heterocycles. The van der Waals surface area contributed by atoms with Crippen LogP contribution in [0.2, 0.25) is 0 Å². The summed E-state index contributed by atoms with van der Waals surface area (Å²) in [5.74, 6) is 0.697. The standard InChI is InChI=1S/C21H26BrN5O.HI/c1-23-21(25-13-12-24-20(28)16-5-3-2-4-6-16)26-18-11-14-27(15-18)19-9-7-17(22)8-10-19;/h2-10,18H,11-15H2,1H3,(H,24,28)(H2,23,25,26);1H. The van der Waals surface area contributed by atoms with Crippen LogP contribution in [0.3, 0.4) is 0 Å². The van der Waals surface area contributed by atoms with Crippen molar-refractivity contribution in [3.05, 3.63) is 64.6 Å². The van der Waals surface area contributed by atoms with E-state index in [4.69, 9.17) is 0 Å². The van der Waals surface area contributed by atoms with Gasteiger partial charge in [0.2, 0.25) is 0 Å². The van der Waals surface area contributed by atoms with Gasteiger partial charge >= 0.3 is 0 Å². The van der Waals surface area contributed by atoms with Gasteiger partial charge in [0.25, 0.3) is 5.91 Å². The van der Waals surface area contributed by atoms with Crippen LogP contribution in [0.15, 0.2) is 64.1 Å². The van der Waals surface area contributed by atoms with Gasteiger partial charge in [-0.2, -0.15) is 0 Å². The third kappa shape index (κ3) is 7.18. The van der Waals surface area contributed by atoms with Gasteiger partial charge < -0.3 is 20.9 Å². The fourth-order valence-corrected chi connectivity index (χ4v) is 3.47. The summed E-state index contributed by atoms with van der Waals surface area (Å²) in [7, 11) is 1.76. The van der Waals surface area contributed by atoms with E-state index in [1.54, 1.807) is 19.2 Å². The summed E-state index contributed by atoms with van der Waals surface area (Å²) in [6.07, 6.45) is 1.06. The molecule has 1 fully saturated rings. The van der Waals surface area contributed by atoms with Crippen molar-refractivity contribution in [1.29, 1.82) is 0 Å². The molecule has 0 spiro atoms. The second-order valence-corrected chi connectivity index (χ2v) is 7.59. The molecule has 2 aromatic carbocycles. The molecule has 0 aromatic heterocycles. The molecule has 1 atom stereocenters. The quantitative estimate of drug-likeness (QED) is 0.215. The Bertz CT molecular complexity index is 800. The van der Waals surface area contributed by atoms with Crippen molar-refractivity contribution >= 4 is 57.5 Å². The number of carbonyl (C=O) groups is 1. The Morgan fingerprint density at radius 3 is 2.48 bits per heavy atom. The largest absolute Gasteiger partial charge is 0.369 e. The lowest BCUT2D eigenvalue weighted by Gasteiger charge is -2.20. The average Bonchev–Trinajstić information content (AvgIpc) is 3.19. The van der Waals surface area contributed by atoms with Crippen molar-refractivity contribution in [3.63, 3.8) is 0 Å². The minimum absolute atomic E-state index is 0. The van der Waals surface area contributed by atoms with Crippen molar-refractivity contribution in [2.75, 3.05) is 38.1 Å². The number of carbonyl (C=O) groups excluding carboxylic acids is 1. The van der Waals surface area contributed by atoms with E-state index >= 15 is 0 Å². The number of benzene rings is 2. The Morgan fingerprint density at radius 1 is 1.10 bits per heavy atom. The van der Waals surface area contributed by atoms with Crippen LogP contribution in [0.25, 0.3) is 0 Å². The van der Waals surface area contributed by atoms with E-state index in [1.807, 2.05) is 18.2 Å². The molecule has 1 amide bonds. The molecular formula is C21H27BrIN5O. The Kier molecular flexibility index (Phi) is 9.72. The molecule has 1 aliphatic heterocycles. The van der Waals surface area contributed by atoms with E-state index in [0.29, 0.717) is 24.7 Å². The van der Waals surface area contributed by atoms with Gasteiger partial charge in [-0.15, -0.1) is 24.0 Å². The Balaban J connectivity index is 0.00000300. The SMILES string of the molecule is CN=C(NCCNC(=O)c1ccccc1)NC1CCN(c2ccc(Br)cc2)C1.I. The maximum absolute atomic E-state index is 12.0. The van der Waals surface area contributed by atoms with E-state index in [2.05, 4.69) is 66.0 Å². The van der Waals surface area contributed by atoms with Crippen LogP contribution in [0, 0.1) is 0 Å². The van der Waals surface area contributed by atoms with Crippen LogP contribution in [-0.4, -0.2) is 51.1 Å². The number of amides is 1. The molecule has 0 aliphatic carbocycles. The second kappa shape index (κ2) is 12.0. The van der Waals surface area contributed by atoms with Gasteiger partial charge in [0, 0.05) is 55.0 Å². The molecule has 29 heavy (non-hydrogen) atoms. The Hall–Kier alpha value is -1.81. The molecule has 3 N–H and O–H groups in total. The first-order valence-corrected chi connectivity index (χ1v) is 10.3. The van der Waals surface area contributed by atoms with E-state index in [0.717, 1.165) is 29.9 Å². The number of hydrogen-bond donors (Lipinski definition) is 3. The molecule has 1 aliphatic rings. The summed E-state index contributed by atoms with van der Waals surface area (Å²) in [4.78, 5) is 18.7. The minimum atomic E-state index is -0.0636. The third-order valence-electron chi connectivity index (χ3n) is 4.68. The van der Waals surface area contributed by atoms with Crippen LogP contribution in [0.5, 0.6) is 0 Å². The number of nitrogens with one attached hydrogen (secondary N) is 3. The van der Waals surface area contributed by atoms with Crippen molar-refractivity contribution in [2.45, 2.75) is 12.5 Å². The lowest BCUT2D eigenvalue weighted by Crippen LogP contribution is -2.46. The highest BCUT2D eigenvalue weighted by Gasteiger charge is 2.23. The number of anilines is 1. The van der Waals surface area contributed by atoms with Gasteiger partial charge in [-0.05, 0) is 42.8 Å². The van der Waals surface area contributed by atoms with Crippen LogP contribution >= 0.6 is 39.9 Å². The van der Waals surface area contributed by atoms with Crippen LogP contribution in [-0.2, 0) is 0 Å². The zero-order valence-electron chi connectivity index (χ0n) is 16.4. The molecule has 0 radical (unpaired) electrons. The molecule has 1 saturated heterocycles. The summed E-state index contributed by atoms with van der Waals surface area (Å²) in [6, 6.07) is 18.0. The number of guanidine groups is 1. The first-order valence-electron chi connectivity index (χ1n) is 9.46. The van der Waals surface area contributed by atoms with Gasteiger partial charge in [0.05, 0.1) is 0 Å². The lowest BCUT2D eigenvalue weighted by molar-refractivity contribution is 0.0954. The highest BCUT2D eigenvalue weighted by atomic mass is 127. The highest BCUT2D eigenvalue weighted by Crippen LogP contribution is 2.22. The summed E-state index contributed by atoms with van der Waals surface area (Å²) < 4.78 is 1.09. The van der Waals surface area contributed by atoms with E-state index < -0.39 is 0 Å². The summed E-state index contributed by atoms with van der Waals surface area (Å²) in [5, 5.41) is 9.65. The number of rotatable bonds is 6. The monoisotopic (exact) mass is 571 g/mol. The number of aliphatic imine (C=N–C) groups is 1. The van der Waals surface area contributed by atoms with Crippen LogP contribution < -0.4 is 20.9 Å². The molecule has 0 bridgehead atoms. The molecule has 8 heteroatoms. The van der Waals surface area contributed by atoms with Crippen LogP contribution in [0.4, 0.5) is 5.69 Å². The van der Waals surface area contributed by atoms with Gasteiger partial charge in [-0.25, -0.2) is 0 Å². The minimum Gasteiger partial charge on any atom is -0.369 e. The number of nitrogens with zero attached hydrogens (tertiary/aromatic N) is 2. The molecule has 3 rings (SSSR count). The second-order valence-electron chi connectivity index (χ2n) is 6.67. The molecular weight excluding hydrogens is 545 g/mol. The fraction of sp³-hybridized carbons (Fsp3) is 0.333. The number of hydrogen-bond acceptors (Lipinski definition) is 3. The third-order valence-corrected chi connectivity index (χ3v) is 5.21. The highest BCUT2D eigenvalue weighted by molar-refractivity contribution is 14.0. The van der Waals surface area contributed by atoms with Gasteiger partial charge in [0.1, 0.15) is 0 Å². The van der Waals surface area contributed by atoms with Crippen molar-refractivity contribution in [3.8, 4) is 0 Å². The van der Waals surface area contributed by atoms with Gasteiger partial charge in [0.15, 0.2) is 5.96 Å². The number of halogens is 2. The smallest absolute Gasteiger partial charge is 0.251 e. The molecule has 0 saturated carbocycles. The predicted octanol–water partition coefficient (Wildman–Crippen LogP) is 3.24. The molecule has 156 valence electrons. The van der Waals surface area contributed by atoms with Gasteiger partial charge in [-0.3, -0.25) is 9.79 Å². The average molecular weight is 572 g/mol. The van der Waals surface area contributed by atoms with Crippen molar-refractivity contribution < 1.29 is 4.79 Å². The van der Waals surface area contributed by atoms with E-state index in [-0.39, 0.29) is 29.9 Å². The Morgan fingerprint density at radius 2 is 1.79 bits per heavy atom. The first-order chi connectivity index (χ1) is 13.7.